The second-order valence-electron chi connectivity index (χ2n) is 7.47. The Hall–Kier alpha value is -2.45. The Morgan fingerprint density at radius 3 is 2.55 bits per heavy atom. The standard InChI is InChI=1S/C21H28N6OS/c1-14-6-8-17(9-7-14)12-18-15(2)23-20-24-21(25-27(20)16(18)3)29-13-19(28)22-10-11-26(4)5/h6-9H,10-13H2,1-5H3,(H,22,28). The highest BCUT2D eigenvalue weighted by molar-refractivity contribution is 7.99. The average Bonchev–Trinajstić information content (AvgIpc) is 3.08. The molecule has 29 heavy (non-hydrogen) atoms. The number of amides is 1. The predicted octanol–water partition coefficient (Wildman–Crippen LogP) is 2.41. The van der Waals surface area contributed by atoms with Crippen molar-refractivity contribution in [3.63, 3.8) is 0 Å². The number of aromatic nitrogens is 4. The monoisotopic (exact) mass is 412 g/mol. The molecule has 1 aromatic carbocycles. The van der Waals surface area contributed by atoms with Gasteiger partial charge in [0.2, 0.25) is 11.1 Å². The molecule has 8 heteroatoms. The number of hydrogen-bond acceptors (Lipinski definition) is 6. The largest absolute Gasteiger partial charge is 0.354 e. The molecule has 0 aliphatic heterocycles. The van der Waals surface area contributed by atoms with Crippen LogP contribution < -0.4 is 5.32 Å². The summed E-state index contributed by atoms with van der Waals surface area (Å²) in [6, 6.07) is 8.55. The number of fused-ring (bicyclic) bond motifs is 1. The van der Waals surface area contributed by atoms with Crippen LogP contribution in [-0.2, 0) is 11.2 Å². The van der Waals surface area contributed by atoms with E-state index in [1.807, 2.05) is 32.8 Å². The van der Waals surface area contributed by atoms with Crippen LogP contribution >= 0.6 is 11.8 Å². The van der Waals surface area contributed by atoms with E-state index in [0.29, 0.717) is 23.2 Å². The maximum Gasteiger partial charge on any atom is 0.253 e. The lowest BCUT2D eigenvalue weighted by Crippen LogP contribution is -2.32. The van der Waals surface area contributed by atoms with E-state index in [2.05, 4.69) is 51.6 Å². The highest BCUT2D eigenvalue weighted by Gasteiger charge is 2.15. The first-order valence-electron chi connectivity index (χ1n) is 9.66. The van der Waals surface area contributed by atoms with E-state index < -0.39 is 0 Å². The third-order valence-corrected chi connectivity index (χ3v) is 5.58. The van der Waals surface area contributed by atoms with Gasteiger partial charge in [-0.25, -0.2) is 9.50 Å². The molecule has 0 radical (unpaired) electrons. The molecule has 0 saturated carbocycles. The number of nitrogens with zero attached hydrogens (tertiary/aromatic N) is 5. The molecular weight excluding hydrogens is 384 g/mol. The summed E-state index contributed by atoms with van der Waals surface area (Å²) in [7, 11) is 3.96. The number of hydrogen-bond donors (Lipinski definition) is 1. The van der Waals surface area contributed by atoms with Crippen LogP contribution in [0.15, 0.2) is 29.4 Å². The topological polar surface area (TPSA) is 75.4 Å². The maximum atomic E-state index is 12.0. The molecule has 0 spiro atoms. The summed E-state index contributed by atoms with van der Waals surface area (Å²) >= 11 is 1.33. The Morgan fingerprint density at radius 2 is 1.86 bits per heavy atom. The van der Waals surface area contributed by atoms with Crippen molar-refractivity contribution in [3.05, 3.63) is 52.3 Å². The van der Waals surface area contributed by atoms with Crippen molar-refractivity contribution in [2.75, 3.05) is 32.9 Å². The zero-order chi connectivity index (χ0) is 21.0. The molecule has 0 saturated heterocycles. The second-order valence-corrected chi connectivity index (χ2v) is 8.41. The minimum atomic E-state index is -0.0170. The van der Waals surface area contributed by atoms with Crippen molar-refractivity contribution in [1.82, 2.24) is 29.8 Å². The van der Waals surface area contributed by atoms with Gasteiger partial charge in [0.1, 0.15) is 0 Å². The van der Waals surface area contributed by atoms with Gasteiger partial charge in [0.15, 0.2) is 0 Å². The van der Waals surface area contributed by atoms with Gasteiger partial charge in [-0.3, -0.25) is 4.79 Å². The summed E-state index contributed by atoms with van der Waals surface area (Å²) in [5.41, 5.74) is 5.64. The highest BCUT2D eigenvalue weighted by atomic mass is 32.2. The second kappa shape index (κ2) is 9.37. The first-order chi connectivity index (χ1) is 13.8. The van der Waals surface area contributed by atoms with Crippen LogP contribution in [0.25, 0.3) is 5.78 Å². The molecule has 0 aliphatic rings. The first-order valence-corrected chi connectivity index (χ1v) is 10.6. The SMILES string of the molecule is Cc1ccc(Cc2c(C)nc3nc(SCC(=O)NCCN(C)C)nn3c2C)cc1. The van der Waals surface area contributed by atoms with Crippen LogP contribution in [0.2, 0.25) is 0 Å². The molecule has 3 rings (SSSR count). The van der Waals surface area contributed by atoms with Crippen molar-refractivity contribution in [2.45, 2.75) is 32.3 Å². The zero-order valence-corrected chi connectivity index (χ0v) is 18.5. The summed E-state index contributed by atoms with van der Waals surface area (Å²) in [5.74, 6) is 0.846. The van der Waals surface area contributed by atoms with E-state index in [1.165, 1.54) is 22.9 Å². The Labute approximate surface area is 175 Å². The number of rotatable bonds is 8. The number of nitrogens with one attached hydrogen (secondary N) is 1. The lowest BCUT2D eigenvalue weighted by Gasteiger charge is -2.10. The normalized spacial score (nSPS) is 11.4. The molecule has 0 atom stereocenters. The van der Waals surface area contributed by atoms with E-state index in [4.69, 9.17) is 0 Å². The quantitative estimate of drug-likeness (QED) is 0.573. The number of carbonyl (C=O) groups excluding carboxylic acids is 1. The highest BCUT2D eigenvalue weighted by Crippen LogP contribution is 2.20. The number of carbonyl (C=O) groups is 1. The lowest BCUT2D eigenvalue weighted by molar-refractivity contribution is -0.118. The van der Waals surface area contributed by atoms with Gasteiger partial charge in [-0.1, -0.05) is 41.6 Å². The van der Waals surface area contributed by atoms with Gasteiger partial charge in [-0.15, -0.1) is 5.10 Å². The zero-order valence-electron chi connectivity index (χ0n) is 17.7. The molecule has 0 bridgehead atoms. The minimum absolute atomic E-state index is 0.0170. The molecule has 0 aliphatic carbocycles. The van der Waals surface area contributed by atoms with E-state index in [-0.39, 0.29) is 5.91 Å². The number of aryl methyl sites for hydroxylation is 3. The molecule has 0 unspecified atom stereocenters. The third kappa shape index (κ3) is 5.55. The molecule has 3 aromatic rings. The molecule has 0 fully saturated rings. The fourth-order valence-corrected chi connectivity index (χ4v) is 3.66. The molecule has 2 aromatic heterocycles. The third-order valence-electron chi connectivity index (χ3n) is 4.74. The van der Waals surface area contributed by atoms with Gasteiger partial charge in [0.25, 0.3) is 5.78 Å². The molecule has 154 valence electrons. The number of likely N-dealkylation sites (N-methyl/N-ethyl adjacent to an activating group) is 1. The Balaban J connectivity index is 1.72. The Morgan fingerprint density at radius 1 is 1.14 bits per heavy atom. The van der Waals surface area contributed by atoms with Crippen LogP contribution in [0, 0.1) is 20.8 Å². The Kier molecular flexibility index (Phi) is 6.87. The molecule has 7 nitrogen and oxygen atoms in total. The van der Waals surface area contributed by atoms with Crippen LogP contribution in [-0.4, -0.2) is 63.3 Å². The first kappa shape index (κ1) is 21.3. The maximum absolute atomic E-state index is 12.0. The molecule has 1 N–H and O–H groups in total. The van der Waals surface area contributed by atoms with Gasteiger partial charge in [0.05, 0.1) is 5.75 Å². The van der Waals surface area contributed by atoms with Crippen molar-refractivity contribution in [1.29, 1.82) is 0 Å². The summed E-state index contributed by atoms with van der Waals surface area (Å²) in [5, 5.41) is 8.03. The summed E-state index contributed by atoms with van der Waals surface area (Å²) in [6.07, 6.45) is 0.803. The molecule has 2 heterocycles. The predicted molar refractivity (Wildman–Crippen MR) is 117 cm³/mol. The van der Waals surface area contributed by atoms with Crippen molar-refractivity contribution < 1.29 is 4.79 Å². The fraction of sp³-hybridized carbons (Fsp3) is 0.429. The van der Waals surface area contributed by atoms with Crippen LogP contribution in [0.3, 0.4) is 0 Å². The van der Waals surface area contributed by atoms with E-state index in [9.17, 15) is 4.79 Å². The summed E-state index contributed by atoms with van der Waals surface area (Å²) in [6.45, 7) is 7.59. The van der Waals surface area contributed by atoms with Crippen molar-refractivity contribution >= 4 is 23.4 Å². The van der Waals surface area contributed by atoms with Crippen LogP contribution in [0.4, 0.5) is 0 Å². The van der Waals surface area contributed by atoms with Gasteiger partial charge in [0, 0.05) is 30.9 Å². The summed E-state index contributed by atoms with van der Waals surface area (Å²) in [4.78, 5) is 23.1. The number of thioether (sulfide) groups is 1. The number of benzene rings is 1. The van der Waals surface area contributed by atoms with Crippen molar-refractivity contribution in [3.8, 4) is 0 Å². The average molecular weight is 413 g/mol. The van der Waals surface area contributed by atoms with Crippen molar-refractivity contribution in [2.24, 2.45) is 0 Å². The molecular formula is C21H28N6OS. The van der Waals surface area contributed by atoms with E-state index in [1.54, 1.807) is 4.52 Å². The van der Waals surface area contributed by atoms with Gasteiger partial charge in [-0.05, 0) is 46.0 Å². The molecule has 1 amide bonds. The minimum Gasteiger partial charge on any atom is -0.354 e. The van der Waals surface area contributed by atoms with Gasteiger partial charge in [-0.2, -0.15) is 4.98 Å². The van der Waals surface area contributed by atoms with E-state index in [0.717, 1.165) is 29.9 Å². The van der Waals surface area contributed by atoms with Crippen LogP contribution in [0.1, 0.15) is 28.1 Å². The van der Waals surface area contributed by atoms with E-state index >= 15 is 0 Å². The van der Waals surface area contributed by atoms with Crippen LogP contribution in [0.5, 0.6) is 0 Å². The lowest BCUT2D eigenvalue weighted by atomic mass is 10.0. The summed E-state index contributed by atoms with van der Waals surface area (Å²) < 4.78 is 1.78. The van der Waals surface area contributed by atoms with Gasteiger partial charge >= 0.3 is 0 Å². The van der Waals surface area contributed by atoms with Gasteiger partial charge < -0.3 is 10.2 Å². The fourth-order valence-electron chi connectivity index (χ4n) is 3.02. The smallest absolute Gasteiger partial charge is 0.253 e. The Bertz CT molecular complexity index is 997.